The second-order valence-corrected chi connectivity index (χ2v) is 4.41. The summed E-state index contributed by atoms with van der Waals surface area (Å²) in [6.45, 7) is 3.84. The second kappa shape index (κ2) is 5.08. The van der Waals surface area contributed by atoms with E-state index in [0.29, 0.717) is 11.3 Å². The summed E-state index contributed by atoms with van der Waals surface area (Å²) < 4.78 is 5.30. The van der Waals surface area contributed by atoms with Gasteiger partial charge in [0.05, 0.1) is 11.7 Å². The fourth-order valence-corrected chi connectivity index (χ4v) is 1.76. The summed E-state index contributed by atoms with van der Waals surface area (Å²) in [4.78, 5) is 12.0. The Balaban J connectivity index is 2.38. The van der Waals surface area contributed by atoms with Crippen LogP contribution < -0.4 is 5.73 Å². The van der Waals surface area contributed by atoms with Crippen molar-refractivity contribution in [3.8, 4) is 0 Å². The van der Waals surface area contributed by atoms with Crippen LogP contribution in [-0.4, -0.2) is 12.1 Å². The van der Waals surface area contributed by atoms with Crippen molar-refractivity contribution in [2.24, 2.45) is 0 Å². The lowest BCUT2D eigenvalue weighted by molar-refractivity contribution is 0.0336. The molecule has 2 aromatic carbocycles. The van der Waals surface area contributed by atoms with E-state index in [-0.39, 0.29) is 12.1 Å². The molecule has 0 radical (unpaired) electrons. The number of benzene rings is 2. The minimum atomic E-state index is -0.354. The Kier molecular flexibility index (Phi) is 3.51. The van der Waals surface area contributed by atoms with Crippen LogP contribution in [0.25, 0.3) is 10.8 Å². The Hall–Kier alpha value is -2.03. The summed E-state index contributed by atoms with van der Waals surface area (Å²) in [5.74, 6) is -0.354. The van der Waals surface area contributed by atoms with Crippen molar-refractivity contribution in [1.82, 2.24) is 0 Å². The van der Waals surface area contributed by atoms with E-state index in [2.05, 4.69) is 0 Å². The monoisotopic (exact) mass is 243 g/mol. The van der Waals surface area contributed by atoms with Gasteiger partial charge >= 0.3 is 5.97 Å². The van der Waals surface area contributed by atoms with Crippen molar-refractivity contribution in [2.45, 2.75) is 26.4 Å². The average Bonchev–Trinajstić information content (AvgIpc) is 2.37. The number of hydrogen-bond donors (Lipinski definition) is 1. The zero-order valence-corrected chi connectivity index (χ0v) is 10.6. The maximum absolute atomic E-state index is 12.0. The number of nitrogen functional groups attached to an aromatic ring is 1. The highest BCUT2D eigenvalue weighted by atomic mass is 16.5. The largest absolute Gasteiger partial charge is 0.459 e. The molecule has 0 amide bonds. The molecule has 18 heavy (non-hydrogen) atoms. The van der Waals surface area contributed by atoms with Crippen LogP contribution >= 0.6 is 0 Å². The molecule has 3 heteroatoms. The van der Waals surface area contributed by atoms with Crippen LogP contribution in [0.3, 0.4) is 0 Å². The lowest BCUT2D eigenvalue weighted by Crippen LogP contribution is -2.15. The first kappa shape index (κ1) is 12.4. The number of fused-ring (bicyclic) bond motifs is 1. The SMILES string of the molecule is CCC(C)OC(=O)c1cc2ccccc2cc1N. The van der Waals surface area contributed by atoms with E-state index in [1.165, 1.54) is 0 Å². The number of hydrogen-bond acceptors (Lipinski definition) is 3. The average molecular weight is 243 g/mol. The fraction of sp³-hybridized carbons (Fsp3) is 0.267. The Morgan fingerprint density at radius 2 is 1.89 bits per heavy atom. The van der Waals surface area contributed by atoms with Crippen molar-refractivity contribution in [2.75, 3.05) is 5.73 Å². The quantitative estimate of drug-likeness (QED) is 0.664. The predicted octanol–water partition coefficient (Wildman–Crippen LogP) is 3.38. The van der Waals surface area contributed by atoms with Gasteiger partial charge in [0.2, 0.25) is 0 Å². The molecule has 0 fully saturated rings. The number of carbonyl (C=O) groups excluding carboxylic acids is 1. The first-order valence-corrected chi connectivity index (χ1v) is 6.11. The summed E-state index contributed by atoms with van der Waals surface area (Å²) in [6.07, 6.45) is 0.697. The predicted molar refractivity (Wildman–Crippen MR) is 73.5 cm³/mol. The van der Waals surface area contributed by atoms with Gasteiger partial charge in [0.15, 0.2) is 0 Å². The molecule has 2 aromatic rings. The Bertz CT molecular complexity index is 578. The first-order valence-electron chi connectivity index (χ1n) is 6.11. The molecular weight excluding hydrogens is 226 g/mol. The van der Waals surface area contributed by atoms with Crippen molar-refractivity contribution in [1.29, 1.82) is 0 Å². The van der Waals surface area contributed by atoms with Crippen LogP contribution in [0.4, 0.5) is 5.69 Å². The van der Waals surface area contributed by atoms with Gasteiger partial charge in [0.1, 0.15) is 0 Å². The molecule has 3 nitrogen and oxygen atoms in total. The van der Waals surface area contributed by atoms with Gasteiger partial charge in [0.25, 0.3) is 0 Å². The number of rotatable bonds is 3. The molecule has 0 spiro atoms. The summed E-state index contributed by atoms with van der Waals surface area (Å²) in [5.41, 5.74) is 6.80. The van der Waals surface area contributed by atoms with E-state index in [1.807, 2.05) is 44.2 Å². The second-order valence-electron chi connectivity index (χ2n) is 4.41. The first-order chi connectivity index (χ1) is 8.61. The Morgan fingerprint density at radius 3 is 2.50 bits per heavy atom. The van der Waals surface area contributed by atoms with Crippen LogP contribution in [0.1, 0.15) is 30.6 Å². The van der Waals surface area contributed by atoms with Crippen LogP contribution in [0.5, 0.6) is 0 Å². The lowest BCUT2D eigenvalue weighted by Gasteiger charge is -2.12. The molecule has 0 aliphatic heterocycles. The van der Waals surface area contributed by atoms with Gasteiger partial charge in [-0.3, -0.25) is 0 Å². The molecule has 0 bridgehead atoms. The zero-order chi connectivity index (χ0) is 13.1. The smallest absolute Gasteiger partial charge is 0.340 e. The van der Waals surface area contributed by atoms with Gasteiger partial charge in [0, 0.05) is 5.69 Å². The standard InChI is InChI=1S/C15H17NO2/c1-3-10(2)18-15(17)13-8-11-6-4-5-7-12(11)9-14(13)16/h4-10H,3,16H2,1-2H3. The van der Waals surface area contributed by atoms with Gasteiger partial charge in [-0.05, 0) is 36.2 Å². The molecule has 2 N–H and O–H groups in total. The molecule has 0 aliphatic rings. The summed E-state index contributed by atoms with van der Waals surface area (Å²) in [6, 6.07) is 11.4. The van der Waals surface area contributed by atoms with Crippen molar-refractivity contribution < 1.29 is 9.53 Å². The van der Waals surface area contributed by atoms with E-state index in [9.17, 15) is 4.79 Å². The molecule has 2 rings (SSSR count). The fourth-order valence-electron chi connectivity index (χ4n) is 1.76. The lowest BCUT2D eigenvalue weighted by atomic mass is 10.1. The molecular formula is C15H17NO2. The molecule has 94 valence electrons. The van der Waals surface area contributed by atoms with E-state index < -0.39 is 0 Å². The van der Waals surface area contributed by atoms with Gasteiger partial charge in [-0.25, -0.2) is 4.79 Å². The van der Waals surface area contributed by atoms with Gasteiger partial charge in [-0.15, -0.1) is 0 Å². The molecule has 0 saturated carbocycles. The zero-order valence-electron chi connectivity index (χ0n) is 10.6. The van der Waals surface area contributed by atoms with Crippen LogP contribution in [0.2, 0.25) is 0 Å². The normalized spacial score (nSPS) is 12.3. The molecule has 0 aliphatic carbocycles. The van der Waals surface area contributed by atoms with Crippen molar-refractivity contribution in [3.63, 3.8) is 0 Å². The third-order valence-corrected chi connectivity index (χ3v) is 3.02. The molecule has 0 aromatic heterocycles. The van der Waals surface area contributed by atoms with Crippen LogP contribution in [0.15, 0.2) is 36.4 Å². The van der Waals surface area contributed by atoms with E-state index in [0.717, 1.165) is 17.2 Å². The van der Waals surface area contributed by atoms with Crippen LogP contribution in [-0.2, 0) is 4.74 Å². The molecule has 0 saturated heterocycles. The van der Waals surface area contributed by atoms with E-state index in [4.69, 9.17) is 10.5 Å². The minimum Gasteiger partial charge on any atom is -0.459 e. The van der Waals surface area contributed by atoms with Crippen molar-refractivity contribution >= 4 is 22.4 Å². The molecule has 1 unspecified atom stereocenters. The van der Waals surface area contributed by atoms with E-state index >= 15 is 0 Å². The van der Waals surface area contributed by atoms with Crippen LogP contribution in [0, 0.1) is 0 Å². The van der Waals surface area contributed by atoms with E-state index in [1.54, 1.807) is 6.07 Å². The molecule has 0 heterocycles. The van der Waals surface area contributed by atoms with Gasteiger partial charge < -0.3 is 10.5 Å². The highest BCUT2D eigenvalue weighted by molar-refractivity contribution is 6.01. The number of carbonyl (C=O) groups is 1. The topological polar surface area (TPSA) is 52.3 Å². The van der Waals surface area contributed by atoms with Gasteiger partial charge in [-0.1, -0.05) is 31.2 Å². The Labute approximate surface area is 107 Å². The number of esters is 1. The highest BCUT2D eigenvalue weighted by Crippen LogP contribution is 2.23. The summed E-state index contributed by atoms with van der Waals surface area (Å²) >= 11 is 0. The number of nitrogens with two attached hydrogens (primary N) is 1. The maximum atomic E-state index is 12.0. The van der Waals surface area contributed by atoms with Crippen molar-refractivity contribution in [3.05, 3.63) is 42.0 Å². The third kappa shape index (κ3) is 2.45. The summed E-state index contributed by atoms with van der Waals surface area (Å²) in [5, 5.41) is 2.01. The maximum Gasteiger partial charge on any atom is 0.340 e. The summed E-state index contributed by atoms with van der Waals surface area (Å²) in [7, 11) is 0. The Morgan fingerprint density at radius 1 is 1.28 bits per heavy atom. The minimum absolute atomic E-state index is 0.0941. The van der Waals surface area contributed by atoms with Gasteiger partial charge in [-0.2, -0.15) is 0 Å². The number of anilines is 1. The highest BCUT2D eigenvalue weighted by Gasteiger charge is 2.14. The number of ether oxygens (including phenoxy) is 1. The molecule has 1 atom stereocenters. The third-order valence-electron chi connectivity index (χ3n) is 3.02.